The molecule has 3 heteroatoms. The van der Waals surface area contributed by atoms with E-state index in [1.807, 2.05) is 49.4 Å². The molecule has 2 aromatic rings. The maximum atomic E-state index is 12.7. The van der Waals surface area contributed by atoms with Gasteiger partial charge in [-0.05, 0) is 36.0 Å². The summed E-state index contributed by atoms with van der Waals surface area (Å²) in [4.78, 5) is 1.83. The van der Waals surface area contributed by atoms with Crippen molar-refractivity contribution in [3.05, 3.63) is 59.7 Å². The maximum absolute atomic E-state index is 12.7. The normalized spacial score (nSPS) is 12.6. The molecule has 1 nitrogen and oxygen atoms in total. The highest BCUT2D eigenvalue weighted by atomic mass is 32.2. The molecule has 0 amide bonds. The van der Waals surface area contributed by atoms with Gasteiger partial charge in [0, 0.05) is 10.5 Å². The number of aryl methyl sites for hydroxylation is 1. The Bertz CT molecular complexity index is 574. The summed E-state index contributed by atoms with van der Waals surface area (Å²) in [5, 5.41) is 0. The van der Waals surface area contributed by atoms with Gasteiger partial charge in [-0.15, -0.1) is 0 Å². The third kappa shape index (κ3) is 3.71. The average Bonchev–Trinajstić information content (AvgIpc) is 2.39. The molecule has 0 fully saturated rings. The van der Waals surface area contributed by atoms with Crippen molar-refractivity contribution >= 4 is 21.7 Å². The molecule has 2 rings (SSSR count). The van der Waals surface area contributed by atoms with E-state index in [9.17, 15) is 4.21 Å². The Labute approximate surface area is 120 Å². The zero-order valence-electron chi connectivity index (χ0n) is 11.6. The number of hydrogen-bond acceptors (Lipinski definition) is 1. The molecule has 0 aliphatic rings. The molecule has 0 heterocycles. The number of hydrogen-bond donors (Lipinski definition) is 0. The largest absolute Gasteiger partial charge is 0.249 e. The third-order valence-electron chi connectivity index (χ3n) is 2.85. The Hall–Kier alpha value is -1.06. The maximum Gasteiger partial charge on any atom is 0.133 e. The van der Waals surface area contributed by atoms with E-state index >= 15 is 0 Å². The number of rotatable bonds is 4. The smallest absolute Gasteiger partial charge is 0.133 e. The standard InChI is InChI=1S/C16H19OS2/c1-13-8-10-15(11-9-13)19(17)16-7-5-4-6-14(16)12-18(2)3/h4-11H,12H2,1-3H3/q+1/t19-/m0/s1. The van der Waals surface area contributed by atoms with Crippen molar-refractivity contribution in [3.63, 3.8) is 0 Å². The fourth-order valence-electron chi connectivity index (χ4n) is 1.90. The summed E-state index contributed by atoms with van der Waals surface area (Å²) in [5.74, 6) is 0.994. The minimum Gasteiger partial charge on any atom is -0.249 e. The van der Waals surface area contributed by atoms with Crippen LogP contribution in [0.3, 0.4) is 0 Å². The molecule has 0 aliphatic heterocycles. The van der Waals surface area contributed by atoms with Crippen LogP contribution in [-0.2, 0) is 27.4 Å². The SMILES string of the molecule is Cc1ccc([S@](=O)c2ccccc2C[S+](C)C)cc1. The highest BCUT2D eigenvalue weighted by molar-refractivity contribution is 7.94. The zero-order chi connectivity index (χ0) is 13.8. The highest BCUT2D eigenvalue weighted by Crippen LogP contribution is 2.22. The fourth-order valence-corrected chi connectivity index (χ4v) is 4.09. The molecule has 2 aromatic carbocycles. The Kier molecular flexibility index (Phi) is 4.83. The second-order valence-electron chi connectivity index (χ2n) is 4.82. The summed E-state index contributed by atoms with van der Waals surface area (Å²) in [6.45, 7) is 2.04. The van der Waals surface area contributed by atoms with Crippen LogP contribution in [0.5, 0.6) is 0 Å². The topological polar surface area (TPSA) is 17.1 Å². The van der Waals surface area contributed by atoms with Gasteiger partial charge in [-0.2, -0.15) is 0 Å². The summed E-state index contributed by atoms with van der Waals surface area (Å²) in [5.41, 5.74) is 2.40. The fraction of sp³-hybridized carbons (Fsp3) is 0.250. The van der Waals surface area contributed by atoms with Gasteiger partial charge in [0.1, 0.15) is 5.75 Å². The lowest BCUT2D eigenvalue weighted by Crippen LogP contribution is -2.04. The molecule has 0 spiro atoms. The van der Waals surface area contributed by atoms with Gasteiger partial charge in [0.25, 0.3) is 0 Å². The predicted molar refractivity (Wildman–Crippen MR) is 85.2 cm³/mol. The first-order valence-corrected chi connectivity index (χ1v) is 9.54. The summed E-state index contributed by atoms with van der Waals surface area (Å²) >= 11 is 0. The summed E-state index contributed by atoms with van der Waals surface area (Å²) in [6.07, 6.45) is 4.43. The minimum atomic E-state index is -1.08. The van der Waals surface area contributed by atoms with E-state index in [2.05, 4.69) is 18.6 Å². The van der Waals surface area contributed by atoms with E-state index in [1.165, 1.54) is 11.1 Å². The summed E-state index contributed by atoms with van der Waals surface area (Å²) in [7, 11) is -0.766. The van der Waals surface area contributed by atoms with Crippen LogP contribution in [0.15, 0.2) is 58.3 Å². The Morgan fingerprint density at radius 2 is 1.63 bits per heavy atom. The van der Waals surface area contributed by atoms with E-state index < -0.39 is 10.8 Å². The zero-order valence-corrected chi connectivity index (χ0v) is 13.2. The van der Waals surface area contributed by atoms with Crippen molar-refractivity contribution in [1.82, 2.24) is 0 Å². The van der Waals surface area contributed by atoms with Crippen molar-refractivity contribution in [2.75, 3.05) is 12.5 Å². The van der Waals surface area contributed by atoms with Crippen molar-refractivity contribution in [2.24, 2.45) is 0 Å². The van der Waals surface area contributed by atoms with Crippen molar-refractivity contribution in [2.45, 2.75) is 22.5 Å². The summed E-state index contributed by atoms with van der Waals surface area (Å²) in [6, 6.07) is 16.0. The van der Waals surface area contributed by atoms with Gasteiger partial charge in [-0.1, -0.05) is 35.9 Å². The average molecular weight is 291 g/mol. The van der Waals surface area contributed by atoms with Crippen LogP contribution in [0.1, 0.15) is 11.1 Å². The van der Waals surface area contributed by atoms with Crippen molar-refractivity contribution in [1.29, 1.82) is 0 Å². The molecule has 0 unspecified atom stereocenters. The molecule has 0 aromatic heterocycles. The van der Waals surface area contributed by atoms with E-state index in [0.29, 0.717) is 10.9 Å². The monoisotopic (exact) mass is 291 g/mol. The van der Waals surface area contributed by atoms with Crippen molar-refractivity contribution < 1.29 is 4.21 Å². The van der Waals surface area contributed by atoms with Gasteiger partial charge >= 0.3 is 0 Å². The van der Waals surface area contributed by atoms with E-state index in [-0.39, 0.29) is 0 Å². The quantitative estimate of drug-likeness (QED) is 0.788. The van der Waals surface area contributed by atoms with Crippen molar-refractivity contribution in [3.8, 4) is 0 Å². The van der Waals surface area contributed by atoms with Gasteiger partial charge in [0.15, 0.2) is 0 Å². The molecular formula is C16H19OS2+. The van der Waals surface area contributed by atoms with Gasteiger partial charge in [0.05, 0.1) is 28.2 Å². The second-order valence-corrected chi connectivity index (χ2v) is 8.53. The number of benzene rings is 2. The van der Waals surface area contributed by atoms with Crippen LogP contribution in [0.2, 0.25) is 0 Å². The first-order chi connectivity index (χ1) is 9.08. The van der Waals surface area contributed by atoms with Gasteiger partial charge in [-0.25, -0.2) is 4.21 Å². The Balaban J connectivity index is 2.35. The Morgan fingerprint density at radius 3 is 2.26 bits per heavy atom. The molecule has 0 saturated carbocycles. The molecule has 19 heavy (non-hydrogen) atoms. The van der Waals surface area contributed by atoms with Gasteiger partial charge in [0.2, 0.25) is 0 Å². The van der Waals surface area contributed by atoms with Crippen LogP contribution < -0.4 is 0 Å². The lowest BCUT2D eigenvalue weighted by molar-refractivity contribution is 0.682. The highest BCUT2D eigenvalue weighted by Gasteiger charge is 2.15. The van der Waals surface area contributed by atoms with E-state index in [4.69, 9.17) is 0 Å². The molecule has 1 atom stereocenters. The Morgan fingerprint density at radius 1 is 1.00 bits per heavy atom. The molecule has 100 valence electrons. The van der Waals surface area contributed by atoms with Crippen LogP contribution in [0.4, 0.5) is 0 Å². The van der Waals surface area contributed by atoms with E-state index in [0.717, 1.165) is 15.5 Å². The lowest BCUT2D eigenvalue weighted by atomic mass is 10.2. The molecule has 0 bridgehead atoms. The minimum absolute atomic E-state index is 0.312. The third-order valence-corrected chi connectivity index (χ3v) is 5.24. The first-order valence-electron chi connectivity index (χ1n) is 6.18. The first kappa shape index (κ1) is 14.4. The predicted octanol–water partition coefficient (Wildman–Crippen LogP) is 3.54. The second kappa shape index (κ2) is 6.40. The van der Waals surface area contributed by atoms with Gasteiger partial charge < -0.3 is 0 Å². The summed E-state index contributed by atoms with van der Waals surface area (Å²) < 4.78 is 12.7. The van der Waals surface area contributed by atoms with Crippen LogP contribution in [0.25, 0.3) is 0 Å². The lowest BCUT2D eigenvalue weighted by Gasteiger charge is -2.08. The molecular weight excluding hydrogens is 272 g/mol. The molecule has 0 saturated heterocycles. The van der Waals surface area contributed by atoms with Crippen LogP contribution in [-0.4, -0.2) is 16.7 Å². The molecule has 0 radical (unpaired) electrons. The van der Waals surface area contributed by atoms with Gasteiger partial charge in [-0.3, -0.25) is 0 Å². The molecule has 0 N–H and O–H groups in total. The van der Waals surface area contributed by atoms with E-state index in [1.54, 1.807) is 0 Å². The van der Waals surface area contributed by atoms with Crippen LogP contribution in [0, 0.1) is 6.92 Å². The van der Waals surface area contributed by atoms with Crippen LogP contribution >= 0.6 is 0 Å². The molecule has 0 aliphatic carbocycles.